The van der Waals surface area contributed by atoms with Gasteiger partial charge in [0, 0.05) is 0 Å². The normalized spacial score (nSPS) is 13.2. The number of benzene rings is 2. The number of ether oxygens (including phenoxy) is 1. The number of carbonyl (C=O) groups excluding carboxylic acids is 1. The van der Waals surface area contributed by atoms with Crippen LogP contribution < -0.4 is 10.1 Å². The summed E-state index contributed by atoms with van der Waals surface area (Å²) >= 11 is 6.06. The smallest absolute Gasteiger partial charge is 0.261 e. The molecule has 23 heavy (non-hydrogen) atoms. The van der Waals surface area contributed by atoms with E-state index in [4.69, 9.17) is 16.3 Å². The van der Waals surface area contributed by atoms with Gasteiger partial charge in [-0.2, -0.15) is 0 Å². The van der Waals surface area contributed by atoms with Gasteiger partial charge in [0.2, 0.25) is 0 Å². The first kappa shape index (κ1) is 17.3. The van der Waals surface area contributed by atoms with E-state index in [1.54, 1.807) is 24.3 Å². The molecule has 0 aliphatic heterocycles. The molecule has 0 saturated carbocycles. The van der Waals surface area contributed by atoms with E-state index in [1.807, 2.05) is 37.3 Å². The molecule has 0 spiro atoms. The van der Waals surface area contributed by atoms with E-state index in [0.717, 1.165) is 5.56 Å². The maximum Gasteiger partial charge on any atom is 0.261 e. The van der Waals surface area contributed by atoms with Crippen LogP contribution in [0.4, 0.5) is 0 Å². The highest BCUT2D eigenvalue weighted by Gasteiger charge is 2.22. The summed E-state index contributed by atoms with van der Waals surface area (Å²) in [7, 11) is 0. The van der Waals surface area contributed by atoms with Crippen LogP contribution in [0.3, 0.4) is 0 Å². The van der Waals surface area contributed by atoms with Gasteiger partial charge in [-0.1, -0.05) is 61.0 Å². The molecule has 0 fully saturated rings. The van der Waals surface area contributed by atoms with Crippen LogP contribution in [0, 0.1) is 0 Å². The Hall–Kier alpha value is -2.04. The van der Waals surface area contributed by atoms with Gasteiger partial charge in [-0.05, 0) is 24.1 Å². The van der Waals surface area contributed by atoms with E-state index in [-0.39, 0.29) is 12.5 Å². The summed E-state index contributed by atoms with van der Waals surface area (Å²) in [5, 5.41) is 12.8. The number of aliphatic hydroxyl groups is 1. The number of nitrogens with one attached hydrogen (secondary N) is 1. The maximum atomic E-state index is 12.4. The number of hydrogen-bond donors (Lipinski definition) is 2. The van der Waals surface area contributed by atoms with Crippen molar-refractivity contribution in [1.29, 1.82) is 0 Å². The molecule has 2 aromatic rings. The average molecular weight is 334 g/mol. The van der Waals surface area contributed by atoms with Gasteiger partial charge in [-0.25, -0.2) is 0 Å². The molecule has 5 heteroatoms. The van der Waals surface area contributed by atoms with E-state index < -0.39 is 12.1 Å². The van der Waals surface area contributed by atoms with Crippen LogP contribution in [0.2, 0.25) is 5.02 Å². The van der Waals surface area contributed by atoms with Crippen molar-refractivity contribution in [3.8, 4) is 5.75 Å². The predicted octanol–water partition coefficient (Wildman–Crippen LogP) is 3.35. The van der Waals surface area contributed by atoms with Crippen molar-refractivity contribution in [3.63, 3.8) is 0 Å². The number of para-hydroxylation sites is 1. The van der Waals surface area contributed by atoms with Gasteiger partial charge in [0.15, 0.2) is 6.10 Å². The second-order valence-corrected chi connectivity index (χ2v) is 5.51. The van der Waals surface area contributed by atoms with Crippen molar-refractivity contribution in [2.75, 3.05) is 6.61 Å². The molecule has 4 nitrogen and oxygen atoms in total. The van der Waals surface area contributed by atoms with Crippen molar-refractivity contribution in [2.45, 2.75) is 25.5 Å². The molecular formula is C18H20ClNO3. The van der Waals surface area contributed by atoms with Crippen LogP contribution in [0.25, 0.3) is 0 Å². The van der Waals surface area contributed by atoms with Crippen molar-refractivity contribution in [2.24, 2.45) is 0 Å². The molecule has 0 saturated heterocycles. The van der Waals surface area contributed by atoms with Crippen LogP contribution >= 0.6 is 11.6 Å². The molecule has 2 N–H and O–H groups in total. The fraction of sp³-hybridized carbons (Fsp3) is 0.278. The largest absolute Gasteiger partial charge is 0.479 e. The van der Waals surface area contributed by atoms with Gasteiger partial charge < -0.3 is 15.2 Å². The van der Waals surface area contributed by atoms with Gasteiger partial charge in [0.25, 0.3) is 5.91 Å². The van der Waals surface area contributed by atoms with Crippen LogP contribution in [0.15, 0.2) is 54.6 Å². The molecule has 2 rings (SSSR count). The van der Waals surface area contributed by atoms with Crippen LogP contribution in [0.5, 0.6) is 5.75 Å². The number of halogens is 1. The quantitative estimate of drug-likeness (QED) is 0.817. The lowest BCUT2D eigenvalue weighted by Crippen LogP contribution is -2.41. The molecule has 0 aromatic heterocycles. The average Bonchev–Trinajstić information content (AvgIpc) is 2.59. The molecule has 1 unspecified atom stereocenters. The van der Waals surface area contributed by atoms with E-state index in [9.17, 15) is 9.90 Å². The van der Waals surface area contributed by atoms with Gasteiger partial charge in [-0.15, -0.1) is 0 Å². The Morgan fingerprint density at radius 3 is 2.43 bits per heavy atom. The molecule has 0 heterocycles. The topological polar surface area (TPSA) is 58.6 Å². The highest BCUT2D eigenvalue weighted by Crippen LogP contribution is 2.25. The minimum Gasteiger partial charge on any atom is -0.479 e. The molecule has 122 valence electrons. The Morgan fingerprint density at radius 2 is 1.83 bits per heavy atom. The highest BCUT2D eigenvalue weighted by molar-refractivity contribution is 6.32. The van der Waals surface area contributed by atoms with Crippen LogP contribution in [-0.2, 0) is 4.79 Å². The third kappa shape index (κ3) is 4.71. The molecular weight excluding hydrogens is 314 g/mol. The minimum absolute atomic E-state index is 0.182. The molecule has 0 aliphatic carbocycles. The lowest BCUT2D eigenvalue weighted by atomic mass is 10.1. The molecule has 1 amide bonds. The van der Waals surface area contributed by atoms with Crippen LogP contribution in [0.1, 0.15) is 24.9 Å². The molecule has 2 aromatic carbocycles. The maximum absolute atomic E-state index is 12.4. The standard InChI is InChI=1S/C18H20ClNO3/c1-2-16(23-17-11-7-6-10-14(17)19)18(22)20-15(12-21)13-8-4-3-5-9-13/h3-11,15-16,21H,2,12H2,1H3,(H,20,22)/t15-,16?/m1/s1. The molecule has 0 aliphatic rings. The molecule has 2 atom stereocenters. The van der Waals surface area contributed by atoms with Crippen LogP contribution in [-0.4, -0.2) is 23.7 Å². The second kappa shape index (κ2) is 8.56. The van der Waals surface area contributed by atoms with E-state index in [0.29, 0.717) is 17.2 Å². The predicted molar refractivity (Wildman–Crippen MR) is 90.6 cm³/mol. The second-order valence-electron chi connectivity index (χ2n) is 5.10. The Balaban J connectivity index is 2.06. The fourth-order valence-corrected chi connectivity index (χ4v) is 2.38. The number of rotatable bonds is 7. The first-order chi connectivity index (χ1) is 11.2. The zero-order valence-electron chi connectivity index (χ0n) is 12.9. The lowest BCUT2D eigenvalue weighted by molar-refractivity contribution is -0.129. The Kier molecular flexibility index (Phi) is 6.44. The van der Waals surface area contributed by atoms with Crippen molar-refractivity contribution in [3.05, 3.63) is 65.2 Å². The van der Waals surface area contributed by atoms with E-state index >= 15 is 0 Å². The third-order valence-corrected chi connectivity index (χ3v) is 3.78. The Bertz CT molecular complexity index is 633. The van der Waals surface area contributed by atoms with Crippen molar-refractivity contribution in [1.82, 2.24) is 5.32 Å². The molecule has 0 radical (unpaired) electrons. The third-order valence-electron chi connectivity index (χ3n) is 3.47. The van der Waals surface area contributed by atoms with Crippen molar-refractivity contribution < 1.29 is 14.6 Å². The number of aliphatic hydroxyl groups excluding tert-OH is 1. The summed E-state index contributed by atoms with van der Waals surface area (Å²) in [5.74, 6) is 0.187. The zero-order valence-corrected chi connectivity index (χ0v) is 13.7. The monoisotopic (exact) mass is 333 g/mol. The zero-order chi connectivity index (χ0) is 16.7. The first-order valence-corrected chi connectivity index (χ1v) is 7.90. The summed E-state index contributed by atoms with van der Waals surface area (Å²) in [6.07, 6.45) is -0.183. The number of amides is 1. The summed E-state index contributed by atoms with van der Waals surface area (Å²) < 4.78 is 5.71. The number of carbonyl (C=O) groups is 1. The van der Waals surface area contributed by atoms with Gasteiger partial charge >= 0.3 is 0 Å². The Labute approximate surface area is 141 Å². The van der Waals surface area contributed by atoms with Gasteiger partial charge in [-0.3, -0.25) is 4.79 Å². The van der Waals surface area contributed by atoms with E-state index in [1.165, 1.54) is 0 Å². The SMILES string of the molecule is CCC(Oc1ccccc1Cl)C(=O)N[C@H](CO)c1ccccc1. The molecule has 0 bridgehead atoms. The van der Waals surface area contributed by atoms with E-state index in [2.05, 4.69) is 5.32 Å². The summed E-state index contributed by atoms with van der Waals surface area (Å²) in [6, 6.07) is 15.9. The summed E-state index contributed by atoms with van der Waals surface area (Å²) in [5.41, 5.74) is 0.843. The summed E-state index contributed by atoms with van der Waals surface area (Å²) in [4.78, 5) is 12.4. The Morgan fingerprint density at radius 1 is 1.17 bits per heavy atom. The number of hydrogen-bond acceptors (Lipinski definition) is 3. The van der Waals surface area contributed by atoms with Gasteiger partial charge in [0.1, 0.15) is 5.75 Å². The minimum atomic E-state index is -0.673. The summed E-state index contributed by atoms with van der Waals surface area (Å²) in [6.45, 7) is 1.68. The fourth-order valence-electron chi connectivity index (χ4n) is 2.20. The highest BCUT2D eigenvalue weighted by atomic mass is 35.5. The van der Waals surface area contributed by atoms with Crippen molar-refractivity contribution >= 4 is 17.5 Å². The first-order valence-electron chi connectivity index (χ1n) is 7.53. The van der Waals surface area contributed by atoms with Gasteiger partial charge in [0.05, 0.1) is 17.7 Å². The lowest BCUT2D eigenvalue weighted by Gasteiger charge is -2.22.